The molecule has 1 unspecified atom stereocenters. The minimum absolute atomic E-state index is 0.157. The molecule has 1 N–H and O–H groups in total. The molecule has 0 radical (unpaired) electrons. The van der Waals surface area contributed by atoms with Gasteiger partial charge in [-0.1, -0.05) is 11.6 Å². The number of nitrogens with zero attached hydrogens (tertiary/aromatic N) is 2. The Morgan fingerprint density at radius 1 is 1.31 bits per heavy atom. The van der Waals surface area contributed by atoms with Gasteiger partial charge in [0.1, 0.15) is 0 Å². The van der Waals surface area contributed by atoms with Gasteiger partial charge in [0, 0.05) is 11.4 Å². The van der Waals surface area contributed by atoms with Crippen molar-refractivity contribution in [1.82, 2.24) is 15.3 Å². The summed E-state index contributed by atoms with van der Waals surface area (Å²) >= 11 is 5.91. The van der Waals surface area contributed by atoms with Gasteiger partial charge < -0.3 is 5.32 Å². The number of hydrogen-bond acceptors (Lipinski definition) is 3. The van der Waals surface area contributed by atoms with Gasteiger partial charge in [-0.15, -0.1) is 0 Å². The molecule has 1 heterocycles. The van der Waals surface area contributed by atoms with E-state index >= 15 is 0 Å². The highest BCUT2D eigenvalue weighted by Crippen LogP contribution is 2.23. The molecule has 0 fully saturated rings. The fraction of sp³-hybridized carbons (Fsp3) is 0.333. The molecule has 0 bridgehead atoms. The number of rotatable bonds is 2. The van der Waals surface area contributed by atoms with Crippen LogP contribution in [0.5, 0.6) is 0 Å². The zero-order valence-electron chi connectivity index (χ0n) is 9.58. The second-order valence-corrected chi connectivity index (χ2v) is 4.25. The zero-order chi connectivity index (χ0) is 11.7. The van der Waals surface area contributed by atoms with E-state index in [0.717, 1.165) is 16.6 Å². The van der Waals surface area contributed by atoms with E-state index in [0.29, 0.717) is 5.28 Å². The summed E-state index contributed by atoms with van der Waals surface area (Å²) in [6.07, 6.45) is 0. The first-order valence-corrected chi connectivity index (χ1v) is 5.60. The van der Waals surface area contributed by atoms with E-state index in [1.807, 2.05) is 19.2 Å². The summed E-state index contributed by atoms with van der Waals surface area (Å²) in [5, 5.41) is 4.53. The SMILES string of the molecule is CNC(C)c1nc(Cl)nc2ccc(C)cc12. The van der Waals surface area contributed by atoms with Crippen molar-refractivity contribution in [2.75, 3.05) is 7.05 Å². The Morgan fingerprint density at radius 2 is 2.06 bits per heavy atom. The lowest BCUT2D eigenvalue weighted by atomic mass is 10.1. The molecule has 1 atom stereocenters. The van der Waals surface area contributed by atoms with Crippen molar-refractivity contribution in [1.29, 1.82) is 0 Å². The Morgan fingerprint density at radius 3 is 2.75 bits per heavy atom. The minimum atomic E-state index is 0.157. The summed E-state index contributed by atoms with van der Waals surface area (Å²) in [4.78, 5) is 8.53. The first kappa shape index (κ1) is 11.3. The first-order chi connectivity index (χ1) is 7.61. The molecule has 16 heavy (non-hydrogen) atoms. The topological polar surface area (TPSA) is 37.8 Å². The monoisotopic (exact) mass is 235 g/mol. The van der Waals surface area contributed by atoms with Gasteiger partial charge in [0.05, 0.1) is 11.2 Å². The molecule has 3 nitrogen and oxygen atoms in total. The van der Waals surface area contributed by atoms with Gasteiger partial charge in [-0.25, -0.2) is 9.97 Å². The third-order valence-corrected chi connectivity index (χ3v) is 2.87. The molecular formula is C12H14ClN3. The maximum atomic E-state index is 5.91. The summed E-state index contributed by atoms with van der Waals surface area (Å²) in [5.74, 6) is 0. The fourth-order valence-corrected chi connectivity index (χ4v) is 1.89. The molecule has 4 heteroatoms. The average Bonchev–Trinajstić information content (AvgIpc) is 2.27. The maximum Gasteiger partial charge on any atom is 0.223 e. The molecule has 0 aliphatic carbocycles. The lowest BCUT2D eigenvalue weighted by molar-refractivity contribution is 0.637. The van der Waals surface area contributed by atoms with Gasteiger partial charge in [-0.05, 0) is 44.6 Å². The number of aryl methyl sites for hydroxylation is 1. The van der Waals surface area contributed by atoms with Gasteiger partial charge in [-0.2, -0.15) is 0 Å². The van der Waals surface area contributed by atoms with Crippen molar-refractivity contribution in [3.63, 3.8) is 0 Å². The highest BCUT2D eigenvalue weighted by Gasteiger charge is 2.11. The van der Waals surface area contributed by atoms with E-state index in [1.165, 1.54) is 5.56 Å². The molecule has 0 spiro atoms. The fourth-order valence-electron chi connectivity index (χ4n) is 1.70. The highest BCUT2D eigenvalue weighted by atomic mass is 35.5. The summed E-state index contributed by atoms with van der Waals surface area (Å²) in [5.41, 5.74) is 3.03. The van der Waals surface area contributed by atoms with Crippen LogP contribution < -0.4 is 5.32 Å². The Balaban J connectivity index is 2.74. The van der Waals surface area contributed by atoms with E-state index in [9.17, 15) is 0 Å². The number of nitrogens with one attached hydrogen (secondary N) is 1. The van der Waals surface area contributed by atoms with Gasteiger partial charge in [0.2, 0.25) is 5.28 Å². The molecule has 2 rings (SSSR count). The van der Waals surface area contributed by atoms with Crippen LogP contribution in [0.2, 0.25) is 5.28 Å². The van der Waals surface area contributed by atoms with E-state index in [4.69, 9.17) is 11.6 Å². The standard InChI is InChI=1S/C12H14ClN3/c1-7-4-5-10-9(6-7)11(8(2)14-3)16-12(13)15-10/h4-6,8,14H,1-3H3. The Hall–Kier alpha value is -1.19. The predicted molar refractivity (Wildman–Crippen MR) is 66.8 cm³/mol. The van der Waals surface area contributed by atoms with E-state index in [1.54, 1.807) is 0 Å². The maximum absolute atomic E-state index is 5.91. The smallest absolute Gasteiger partial charge is 0.223 e. The average molecular weight is 236 g/mol. The van der Waals surface area contributed by atoms with Crippen molar-refractivity contribution in [2.45, 2.75) is 19.9 Å². The van der Waals surface area contributed by atoms with Crippen LogP contribution in [-0.2, 0) is 0 Å². The lowest BCUT2D eigenvalue weighted by Crippen LogP contribution is -2.14. The molecule has 0 aliphatic rings. The number of aromatic nitrogens is 2. The van der Waals surface area contributed by atoms with Crippen LogP contribution in [-0.4, -0.2) is 17.0 Å². The van der Waals surface area contributed by atoms with E-state index < -0.39 is 0 Å². The molecule has 1 aromatic heterocycles. The van der Waals surface area contributed by atoms with Crippen LogP contribution in [0.3, 0.4) is 0 Å². The third kappa shape index (κ3) is 2.01. The number of hydrogen-bond donors (Lipinski definition) is 1. The van der Waals surface area contributed by atoms with Crippen LogP contribution in [0.1, 0.15) is 24.2 Å². The van der Waals surface area contributed by atoms with Gasteiger partial charge in [-0.3, -0.25) is 0 Å². The molecule has 0 saturated carbocycles. The normalized spacial score (nSPS) is 13.0. The lowest BCUT2D eigenvalue weighted by Gasteiger charge is -2.12. The van der Waals surface area contributed by atoms with Crippen LogP contribution in [0.4, 0.5) is 0 Å². The van der Waals surface area contributed by atoms with E-state index in [-0.39, 0.29) is 6.04 Å². The summed E-state index contributed by atoms with van der Waals surface area (Å²) in [7, 11) is 1.91. The van der Waals surface area contributed by atoms with Crippen LogP contribution in [0, 0.1) is 6.92 Å². The van der Waals surface area contributed by atoms with Gasteiger partial charge >= 0.3 is 0 Å². The van der Waals surface area contributed by atoms with Gasteiger partial charge in [0.15, 0.2) is 0 Å². The molecule has 84 valence electrons. The summed E-state index contributed by atoms with van der Waals surface area (Å²) in [6.45, 7) is 4.11. The van der Waals surface area contributed by atoms with Crippen molar-refractivity contribution >= 4 is 22.5 Å². The van der Waals surface area contributed by atoms with E-state index in [2.05, 4.69) is 35.2 Å². The predicted octanol–water partition coefficient (Wildman–Crippen LogP) is 2.87. The quantitative estimate of drug-likeness (QED) is 0.814. The second kappa shape index (κ2) is 4.36. The van der Waals surface area contributed by atoms with Gasteiger partial charge in [0.25, 0.3) is 0 Å². The van der Waals surface area contributed by atoms with Crippen LogP contribution >= 0.6 is 11.6 Å². The summed E-state index contributed by atoms with van der Waals surface area (Å²) < 4.78 is 0. The van der Waals surface area contributed by atoms with Crippen LogP contribution in [0.25, 0.3) is 10.9 Å². The molecular weight excluding hydrogens is 222 g/mol. The molecule has 0 amide bonds. The minimum Gasteiger partial charge on any atom is -0.312 e. The zero-order valence-corrected chi connectivity index (χ0v) is 10.3. The third-order valence-electron chi connectivity index (χ3n) is 2.70. The van der Waals surface area contributed by atoms with Crippen molar-refractivity contribution in [3.05, 3.63) is 34.7 Å². The second-order valence-electron chi connectivity index (χ2n) is 3.91. The van der Waals surface area contributed by atoms with Crippen LogP contribution in [0.15, 0.2) is 18.2 Å². The molecule has 2 aromatic rings. The molecule has 1 aromatic carbocycles. The molecule has 0 aliphatic heterocycles. The van der Waals surface area contributed by atoms with Crippen molar-refractivity contribution in [3.8, 4) is 0 Å². The Labute approximate surface area is 99.9 Å². The first-order valence-electron chi connectivity index (χ1n) is 5.23. The largest absolute Gasteiger partial charge is 0.312 e. The number of fused-ring (bicyclic) bond motifs is 1. The number of benzene rings is 1. The molecule has 0 saturated heterocycles. The Bertz CT molecular complexity index is 525. The van der Waals surface area contributed by atoms with Crippen molar-refractivity contribution < 1.29 is 0 Å². The highest BCUT2D eigenvalue weighted by molar-refractivity contribution is 6.28. The van der Waals surface area contributed by atoms with Crippen molar-refractivity contribution in [2.24, 2.45) is 0 Å². The Kier molecular flexibility index (Phi) is 3.08. The summed E-state index contributed by atoms with van der Waals surface area (Å²) in [6, 6.07) is 6.25. The number of halogens is 1.